The SMILES string of the molecule is COC(=O)Nc1cc(-c2cc(N3CCCCC3C)[nH]c(=O)c2)c(C)cn1. The van der Waals surface area contributed by atoms with Crippen molar-refractivity contribution >= 4 is 17.7 Å². The third-order valence-corrected chi connectivity index (χ3v) is 4.77. The first-order valence-electron chi connectivity index (χ1n) is 8.81. The summed E-state index contributed by atoms with van der Waals surface area (Å²) in [5.74, 6) is 1.21. The number of carbonyl (C=O) groups is 1. The molecule has 26 heavy (non-hydrogen) atoms. The van der Waals surface area contributed by atoms with Crippen molar-refractivity contribution in [3.8, 4) is 11.1 Å². The van der Waals surface area contributed by atoms with Crippen LogP contribution < -0.4 is 15.8 Å². The van der Waals surface area contributed by atoms with Gasteiger partial charge in [-0.3, -0.25) is 10.1 Å². The number of aryl methyl sites for hydroxylation is 1. The van der Waals surface area contributed by atoms with Gasteiger partial charge in [0.2, 0.25) is 5.56 Å². The molecule has 7 nitrogen and oxygen atoms in total. The fraction of sp³-hybridized carbons (Fsp3) is 0.421. The van der Waals surface area contributed by atoms with Crippen molar-refractivity contribution in [3.05, 3.63) is 40.3 Å². The quantitative estimate of drug-likeness (QED) is 0.881. The van der Waals surface area contributed by atoms with Gasteiger partial charge in [0, 0.05) is 24.8 Å². The largest absolute Gasteiger partial charge is 0.453 e. The number of piperidine rings is 1. The summed E-state index contributed by atoms with van der Waals surface area (Å²) in [6.45, 7) is 5.04. The second-order valence-electron chi connectivity index (χ2n) is 6.66. The van der Waals surface area contributed by atoms with Crippen molar-refractivity contribution < 1.29 is 9.53 Å². The molecule has 1 amide bonds. The minimum atomic E-state index is -0.582. The predicted octanol–water partition coefficient (Wildman–Crippen LogP) is 3.30. The maximum atomic E-state index is 12.3. The molecule has 2 aromatic rings. The number of hydrogen-bond donors (Lipinski definition) is 2. The number of H-pyrrole nitrogens is 1. The molecule has 1 aliphatic rings. The highest BCUT2D eigenvalue weighted by Crippen LogP contribution is 2.29. The van der Waals surface area contributed by atoms with Gasteiger partial charge in [-0.15, -0.1) is 0 Å². The fourth-order valence-electron chi connectivity index (χ4n) is 3.35. The number of amides is 1. The van der Waals surface area contributed by atoms with Crippen LogP contribution in [0.25, 0.3) is 11.1 Å². The van der Waals surface area contributed by atoms with Crippen LogP contribution in [0.3, 0.4) is 0 Å². The normalized spacial score (nSPS) is 17.0. The number of aromatic amines is 1. The van der Waals surface area contributed by atoms with Crippen LogP contribution in [0.5, 0.6) is 0 Å². The van der Waals surface area contributed by atoms with E-state index in [1.165, 1.54) is 13.5 Å². The summed E-state index contributed by atoms with van der Waals surface area (Å²) in [7, 11) is 1.30. The summed E-state index contributed by atoms with van der Waals surface area (Å²) in [4.78, 5) is 33.1. The number of ether oxygens (including phenoxy) is 1. The third kappa shape index (κ3) is 3.87. The van der Waals surface area contributed by atoms with E-state index >= 15 is 0 Å². The predicted molar refractivity (Wildman–Crippen MR) is 102 cm³/mol. The van der Waals surface area contributed by atoms with E-state index in [4.69, 9.17) is 0 Å². The second kappa shape index (κ2) is 7.59. The third-order valence-electron chi connectivity index (χ3n) is 4.77. The van der Waals surface area contributed by atoms with E-state index in [-0.39, 0.29) is 5.56 Å². The van der Waals surface area contributed by atoms with Crippen LogP contribution in [0.1, 0.15) is 31.7 Å². The fourth-order valence-corrected chi connectivity index (χ4v) is 3.35. The lowest BCUT2D eigenvalue weighted by molar-refractivity contribution is 0.187. The highest BCUT2D eigenvalue weighted by molar-refractivity contribution is 5.84. The number of carbonyl (C=O) groups excluding carboxylic acids is 1. The average molecular weight is 356 g/mol. The number of rotatable bonds is 3. The number of nitrogens with zero attached hydrogens (tertiary/aromatic N) is 2. The molecule has 0 aromatic carbocycles. The topological polar surface area (TPSA) is 87.3 Å². The molecule has 0 saturated carbocycles. The van der Waals surface area contributed by atoms with E-state index < -0.39 is 6.09 Å². The van der Waals surface area contributed by atoms with Crippen LogP contribution in [0.15, 0.2) is 29.2 Å². The Morgan fingerprint density at radius 1 is 1.35 bits per heavy atom. The van der Waals surface area contributed by atoms with Crippen molar-refractivity contribution in [3.63, 3.8) is 0 Å². The van der Waals surface area contributed by atoms with Gasteiger partial charge in [0.25, 0.3) is 0 Å². The van der Waals surface area contributed by atoms with Gasteiger partial charge in [0.05, 0.1) is 7.11 Å². The Morgan fingerprint density at radius 3 is 2.88 bits per heavy atom. The molecule has 7 heteroatoms. The van der Waals surface area contributed by atoms with E-state index in [2.05, 4.69) is 31.8 Å². The molecule has 1 atom stereocenters. The summed E-state index contributed by atoms with van der Waals surface area (Å²) in [6, 6.07) is 5.71. The molecule has 1 aliphatic heterocycles. The van der Waals surface area contributed by atoms with E-state index in [1.807, 2.05) is 13.0 Å². The summed E-state index contributed by atoms with van der Waals surface area (Å²) in [5.41, 5.74) is 2.43. The van der Waals surface area contributed by atoms with Crippen molar-refractivity contribution in [2.45, 2.75) is 39.2 Å². The molecule has 0 spiro atoms. The highest BCUT2D eigenvalue weighted by Gasteiger charge is 2.20. The van der Waals surface area contributed by atoms with Crippen molar-refractivity contribution in [2.75, 3.05) is 23.9 Å². The number of anilines is 2. The van der Waals surface area contributed by atoms with Gasteiger partial charge in [0.1, 0.15) is 11.6 Å². The van der Waals surface area contributed by atoms with Crippen molar-refractivity contribution in [1.29, 1.82) is 0 Å². The monoisotopic (exact) mass is 356 g/mol. The molecular weight excluding hydrogens is 332 g/mol. The lowest BCUT2D eigenvalue weighted by atomic mass is 10.0. The first-order valence-corrected chi connectivity index (χ1v) is 8.81. The maximum Gasteiger partial charge on any atom is 0.412 e. The zero-order valence-electron chi connectivity index (χ0n) is 15.3. The standard InChI is InChI=1S/C19H24N4O3/c1-12-11-20-16(21-19(25)26-3)10-15(12)14-8-17(22-18(24)9-14)23-7-5-4-6-13(23)2/h8-11,13H,4-7H2,1-3H3,(H,22,24)(H,20,21,25). The molecule has 3 rings (SSSR count). The van der Waals surface area contributed by atoms with Crippen LogP contribution in [0, 0.1) is 6.92 Å². The van der Waals surface area contributed by atoms with Crippen LogP contribution in [-0.4, -0.2) is 35.8 Å². The van der Waals surface area contributed by atoms with Gasteiger partial charge < -0.3 is 14.6 Å². The van der Waals surface area contributed by atoms with Gasteiger partial charge in [0.15, 0.2) is 0 Å². The lowest BCUT2D eigenvalue weighted by Gasteiger charge is -2.35. The van der Waals surface area contributed by atoms with E-state index in [0.717, 1.165) is 41.9 Å². The number of pyridine rings is 2. The Kier molecular flexibility index (Phi) is 5.25. The first-order chi connectivity index (χ1) is 12.5. The molecule has 138 valence electrons. The first kappa shape index (κ1) is 18.0. The molecule has 3 heterocycles. The molecule has 0 aliphatic carbocycles. The van der Waals surface area contributed by atoms with Crippen molar-refractivity contribution in [2.24, 2.45) is 0 Å². The zero-order chi connectivity index (χ0) is 18.7. The van der Waals surface area contributed by atoms with E-state index in [0.29, 0.717) is 11.9 Å². The Balaban J connectivity index is 2.00. The number of nitrogens with one attached hydrogen (secondary N) is 2. The van der Waals surface area contributed by atoms with E-state index in [9.17, 15) is 9.59 Å². The maximum absolute atomic E-state index is 12.3. The van der Waals surface area contributed by atoms with Crippen LogP contribution in [0.2, 0.25) is 0 Å². The molecule has 0 radical (unpaired) electrons. The number of aromatic nitrogens is 2. The molecule has 1 unspecified atom stereocenters. The molecule has 2 aromatic heterocycles. The van der Waals surface area contributed by atoms with Crippen molar-refractivity contribution in [1.82, 2.24) is 9.97 Å². The smallest absolute Gasteiger partial charge is 0.412 e. The van der Waals surface area contributed by atoms with Gasteiger partial charge in [-0.05, 0) is 61.9 Å². The Morgan fingerprint density at radius 2 is 2.15 bits per heavy atom. The molecule has 1 saturated heterocycles. The summed E-state index contributed by atoms with van der Waals surface area (Å²) >= 11 is 0. The highest BCUT2D eigenvalue weighted by atomic mass is 16.5. The molecule has 2 N–H and O–H groups in total. The van der Waals surface area contributed by atoms with Gasteiger partial charge in [-0.1, -0.05) is 0 Å². The number of hydrogen-bond acceptors (Lipinski definition) is 5. The minimum Gasteiger partial charge on any atom is -0.453 e. The average Bonchev–Trinajstić information content (AvgIpc) is 2.63. The Hall–Kier alpha value is -2.83. The molecule has 1 fully saturated rings. The van der Waals surface area contributed by atoms with Gasteiger partial charge in [-0.2, -0.15) is 0 Å². The number of methoxy groups -OCH3 is 1. The summed E-state index contributed by atoms with van der Waals surface area (Å²) in [6.07, 6.45) is 4.55. The van der Waals surface area contributed by atoms with Crippen LogP contribution >= 0.6 is 0 Å². The summed E-state index contributed by atoms with van der Waals surface area (Å²) < 4.78 is 4.61. The van der Waals surface area contributed by atoms with Crippen LogP contribution in [0.4, 0.5) is 16.4 Å². The van der Waals surface area contributed by atoms with Gasteiger partial charge >= 0.3 is 6.09 Å². The van der Waals surface area contributed by atoms with E-state index in [1.54, 1.807) is 18.3 Å². The minimum absolute atomic E-state index is 0.144. The molecule has 0 bridgehead atoms. The second-order valence-corrected chi connectivity index (χ2v) is 6.66. The molecular formula is C19H24N4O3. The van der Waals surface area contributed by atoms with Crippen LogP contribution in [-0.2, 0) is 4.74 Å². The lowest BCUT2D eigenvalue weighted by Crippen LogP contribution is -2.38. The Bertz CT molecular complexity index is 862. The summed E-state index contributed by atoms with van der Waals surface area (Å²) in [5, 5.41) is 2.56. The van der Waals surface area contributed by atoms with Gasteiger partial charge in [-0.25, -0.2) is 9.78 Å². The Labute approximate surface area is 152 Å². The zero-order valence-corrected chi connectivity index (χ0v) is 15.3.